The van der Waals surface area contributed by atoms with Gasteiger partial charge in [-0.2, -0.15) is 0 Å². The topological polar surface area (TPSA) is 29.5 Å². The minimum atomic E-state index is -0.293. The molecule has 1 fully saturated rings. The van der Waals surface area contributed by atoms with E-state index in [1.807, 2.05) is 6.92 Å². The molecule has 1 heterocycles. The molecular weight excluding hydrogens is 152 g/mol. The fraction of sp³-hybridized carbons (Fsp3) is 1.00. The van der Waals surface area contributed by atoms with Crippen molar-refractivity contribution < 1.29 is 9.84 Å². The van der Waals surface area contributed by atoms with Gasteiger partial charge in [-0.3, -0.25) is 0 Å². The molecule has 0 radical (unpaired) electrons. The van der Waals surface area contributed by atoms with Gasteiger partial charge in [0.1, 0.15) is 0 Å². The SMILES string of the molecule is CC(C)C1(C)CCC(C)(CO)O1. The van der Waals surface area contributed by atoms with E-state index in [4.69, 9.17) is 9.84 Å². The molecule has 0 bridgehead atoms. The Morgan fingerprint density at radius 1 is 1.33 bits per heavy atom. The van der Waals surface area contributed by atoms with Gasteiger partial charge in [0.15, 0.2) is 0 Å². The van der Waals surface area contributed by atoms with Crippen LogP contribution in [-0.2, 0) is 4.74 Å². The molecule has 2 nitrogen and oxygen atoms in total. The lowest BCUT2D eigenvalue weighted by Gasteiger charge is -2.32. The summed E-state index contributed by atoms with van der Waals surface area (Å²) in [5.74, 6) is 0.519. The van der Waals surface area contributed by atoms with Crippen molar-refractivity contribution in [1.29, 1.82) is 0 Å². The zero-order chi connectivity index (χ0) is 9.41. The van der Waals surface area contributed by atoms with Crippen molar-refractivity contribution in [1.82, 2.24) is 0 Å². The van der Waals surface area contributed by atoms with E-state index in [1.54, 1.807) is 0 Å². The molecule has 12 heavy (non-hydrogen) atoms. The average Bonchev–Trinajstić information content (AvgIpc) is 2.30. The number of ether oxygens (including phenoxy) is 1. The van der Waals surface area contributed by atoms with Crippen molar-refractivity contribution in [3.8, 4) is 0 Å². The normalized spacial score (nSPS) is 42.5. The quantitative estimate of drug-likeness (QED) is 0.690. The van der Waals surface area contributed by atoms with Crippen LogP contribution in [0.4, 0.5) is 0 Å². The average molecular weight is 172 g/mol. The second-order valence-corrected chi connectivity index (χ2v) is 4.68. The summed E-state index contributed by atoms with van der Waals surface area (Å²) in [5, 5.41) is 9.11. The summed E-state index contributed by atoms with van der Waals surface area (Å²) < 4.78 is 5.90. The third-order valence-corrected chi connectivity index (χ3v) is 3.19. The first-order chi connectivity index (χ1) is 5.42. The first-order valence-electron chi connectivity index (χ1n) is 4.73. The van der Waals surface area contributed by atoms with Gasteiger partial charge in [-0.05, 0) is 32.6 Å². The molecule has 2 heteroatoms. The Labute approximate surface area is 74.9 Å². The molecule has 1 N–H and O–H groups in total. The van der Waals surface area contributed by atoms with E-state index >= 15 is 0 Å². The van der Waals surface area contributed by atoms with Crippen LogP contribution in [0.1, 0.15) is 40.5 Å². The third kappa shape index (κ3) is 1.64. The zero-order valence-corrected chi connectivity index (χ0v) is 8.55. The summed E-state index contributed by atoms with van der Waals surface area (Å²) in [6, 6.07) is 0. The number of hydrogen-bond acceptors (Lipinski definition) is 2. The summed E-state index contributed by atoms with van der Waals surface area (Å²) in [4.78, 5) is 0. The monoisotopic (exact) mass is 172 g/mol. The summed E-state index contributed by atoms with van der Waals surface area (Å²) in [7, 11) is 0. The van der Waals surface area contributed by atoms with Gasteiger partial charge in [-0.15, -0.1) is 0 Å². The molecule has 0 aromatic heterocycles. The lowest BCUT2D eigenvalue weighted by Crippen LogP contribution is -2.37. The minimum Gasteiger partial charge on any atom is -0.393 e. The van der Waals surface area contributed by atoms with Crippen LogP contribution in [0.5, 0.6) is 0 Å². The molecule has 72 valence electrons. The fourth-order valence-electron chi connectivity index (χ4n) is 1.70. The Balaban J connectivity index is 2.66. The van der Waals surface area contributed by atoms with E-state index in [-0.39, 0.29) is 17.8 Å². The molecular formula is C10H20O2. The molecule has 0 saturated carbocycles. The summed E-state index contributed by atoms with van der Waals surface area (Å²) in [5.41, 5.74) is -0.323. The highest BCUT2D eigenvalue weighted by molar-refractivity contribution is 4.93. The van der Waals surface area contributed by atoms with E-state index < -0.39 is 0 Å². The maximum Gasteiger partial charge on any atom is 0.0892 e. The van der Waals surface area contributed by atoms with Crippen molar-refractivity contribution in [3.05, 3.63) is 0 Å². The van der Waals surface area contributed by atoms with Crippen LogP contribution in [0.25, 0.3) is 0 Å². The molecule has 0 amide bonds. The molecule has 2 unspecified atom stereocenters. The first kappa shape index (κ1) is 10.0. The molecule has 0 aliphatic carbocycles. The van der Waals surface area contributed by atoms with Gasteiger partial charge < -0.3 is 9.84 Å². The van der Waals surface area contributed by atoms with Crippen LogP contribution >= 0.6 is 0 Å². The van der Waals surface area contributed by atoms with Crippen molar-refractivity contribution in [3.63, 3.8) is 0 Å². The second-order valence-electron chi connectivity index (χ2n) is 4.68. The molecule has 2 atom stereocenters. The Kier molecular flexibility index (Phi) is 2.50. The third-order valence-electron chi connectivity index (χ3n) is 3.19. The maximum absolute atomic E-state index is 9.11. The molecule has 0 aromatic carbocycles. The highest BCUT2D eigenvalue weighted by Gasteiger charge is 2.44. The number of hydrogen-bond donors (Lipinski definition) is 1. The van der Waals surface area contributed by atoms with E-state index in [2.05, 4.69) is 20.8 Å². The van der Waals surface area contributed by atoms with Gasteiger partial charge >= 0.3 is 0 Å². The Morgan fingerprint density at radius 3 is 2.17 bits per heavy atom. The summed E-state index contributed by atoms with van der Waals surface area (Å²) >= 11 is 0. The summed E-state index contributed by atoms with van der Waals surface area (Å²) in [6.45, 7) is 8.60. The first-order valence-corrected chi connectivity index (χ1v) is 4.73. The lowest BCUT2D eigenvalue weighted by molar-refractivity contribution is -0.126. The van der Waals surface area contributed by atoms with Crippen molar-refractivity contribution in [2.24, 2.45) is 5.92 Å². The van der Waals surface area contributed by atoms with E-state index in [9.17, 15) is 0 Å². The molecule has 0 aromatic rings. The highest BCUT2D eigenvalue weighted by atomic mass is 16.5. The predicted molar refractivity (Wildman–Crippen MR) is 49.1 cm³/mol. The van der Waals surface area contributed by atoms with Crippen molar-refractivity contribution in [2.75, 3.05) is 6.61 Å². The Hall–Kier alpha value is -0.0800. The van der Waals surface area contributed by atoms with Crippen LogP contribution in [0.2, 0.25) is 0 Å². The zero-order valence-electron chi connectivity index (χ0n) is 8.55. The van der Waals surface area contributed by atoms with Crippen molar-refractivity contribution in [2.45, 2.75) is 51.7 Å². The van der Waals surface area contributed by atoms with Crippen LogP contribution in [0.3, 0.4) is 0 Å². The van der Waals surface area contributed by atoms with Crippen LogP contribution < -0.4 is 0 Å². The standard InChI is InChI=1S/C10H20O2/c1-8(2)10(4)6-5-9(3,7-11)12-10/h8,11H,5-7H2,1-4H3. The lowest BCUT2D eigenvalue weighted by atomic mass is 9.89. The van der Waals surface area contributed by atoms with Gasteiger partial charge in [-0.1, -0.05) is 13.8 Å². The van der Waals surface area contributed by atoms with Gasteiger partial charge in [0, 0.05) is 0 Å². The number of aliphatic hydroxyl groups excluding tert-OH is 1. The molecule has 1 aliphatic heterocycles. The minimum absolute atomic E-state index is 0.0303. The second kappa shape index (κ2) is 3.00. The van der Waals surface area contributed by atoms with Crippen LogP contribution in [0.15, 0.2) is 0 Å². The molecule has 1 rings (SSSR count). The van der Waals surface area contributed by atoms with Gasteiger partial charge in [0.05, 0.1) is 17.8 Å². The van der Waals surface area contributed by atoms with E-state index in [0.717, 1.165) is 12.8 Å². The van der Waals surface area contributed by atoms with Crippen LogP contribution in [-0.4, -0.2) is 22.9 Å². The van der Waals surface area contributed by atoms with E-state index in [1.165, 1.54) is 0 Å². The number of aliphatic hydroxyl groups is 1. The van der Waals surface area contributed by atoms with E-state index in [0.29, 0.717) is 5.92 Å². The predicted octanol–water partition coefficient (Wildman–Crippen LogP) is 1.96. The van der Waals surface area contributed by atoms with Gasteiger partial charge in [0.25, 0.3) is 0 Å². The highest BCUT2D eigenvalue weighted by Crippen LogP contribution is 2.41. The molecule has 1 aliphatic rings. The fourth-order valence-corrected chi connectivity index (χ4v) is 1.70. The van der Waals surface area contributed by atoms with Gasteiger partial charge in [-0.25, -0.2) is 0 Å². The number of rotatable bonds is 2. The van der Waals surface area contributed by atoms with Gasteiger partial charge in [0.2, 0.25) is 0 Å². The van der Waals surface area contributed by atoms with Crippen LogP contribution in [0, 0.1) is 5.92 Å². The smallest absolute Gasteiger partial charge is 0.0892 e. The maximum atomic E-state index is 9.11. The van der Waals surface area contributed by atoms with Crippen molar-refractivity contribution >= 4 is 0 Å². The Bertz CT molecular complexity index is 167. The molecule has 1 saturated heterocycles. The molecule has 0 spiro atoms. The largest absolute Gasteiger partial charge is 0.393 e. The Morgan fingerprint density at radius 2 is 1.92 bits per heavy atom. The summed E-state index contributed by atoms with van der Waals surface area (Å²) in [6.07, 6.45) is 2.03.